The summed E-state index contributed by atoms with van der Waals surface area (Å²) in [6.45, 7) is -0.853. The van der Waals surface area contributed by atoms with Gasteiger partial charge in [-0.25, -0.2) is 8.78 Å². The molecule has 0 aliphatic rings. The van der Waals surface area contributed by atoms with Crippen LogP contribution in [0.15, 0.2) is 36.4 Å². The van der Waals surface area contributed by atoms with Gasteiger partial charge in [-0.1, -0.05) is 23.2 Å². The van der Waals surface area contributed by atoms with Gasteiger partial charge >= 0.3 is 0 Å². The second kappa shape index (κ2) is 9.29. The van der Waals surface area contributed by atoms with Gasteiger partial charge in [0.15, 0.2) is 0 Å². The third-order valence-electron chi connectivity index (χ3n) is 3.18. The summed E-state index contributed by atoms with van der Waals surface area (Å²) in [6.07, 6.45) is 0. The first-order valence-corrected chi connectivity index (χ1v) is 8.26. The van der Waals surface area contributed by atoms with Crippen LogP contribution in [-0.4, -0.2) is 30.8 Å². The first-order chi connectivity index (χ1) is 12.7. The number of anilines is 1. The maximum Gasteiger partial charge on any atom is 0.253 e. The molecule has 3 N–H and O–H groups in total. The summed E-state index contributed by atoms with van der Waals surface area (Å²) < 4.78 is 26.1. The molecule has 0 bridgehead atoms. The van der Waals surface area contributed by atoms with Crippen LogP contribution in [0.5, 0.6) is 0 Å². The first-order valence-electron chi connectivity index (χ1n) is 7.50. The Hall–Kier alpha value is -2.71. The lowest BCUT2D eigenvalue weighted by Gasteiger charge is -2.09. The van der Waals surface area contributed by atoms with Crippen molar-refractivity contribution in [1.82, 2.24) is 10.6 Å². The van der Waals surface area contributed by atoms with Crippen molar-refractivity contribution in [3.8, 4) is 0 Å². The highest BCUT2D eigenvalue weighted by molar-refractivity contribution is 6.36. The molecule has 2 aromatic rings. The molecule has 0 radical (unpaired) electrons. The van der Waals surface area contributed by atoms with Crippen LogP contribution in [0.4, 0.5) is 14.5 Å². The molecule has 3 amide bonds. The largest absolute Gasteiger partial charge is 0.345 e. The van der Waals surface area contributed by atoms with E-state index in [-0.39, 0.29) is 16.3 Å². The highest BCUT2D eigenvalue weighted by Crippen LogP contribution is 2.20. The second-order valence-electron chi connectivity index (χ2n) is 5.29. The van der Waals surface area contributed by atoms with Gasteiger partial charge in [-0.2, -0.15) is 0 Å². The van der Waals surface area contributed by atoms with E-state index in [9.17, 15) is 23.2 Å². The zero-order chi connectivity index (χ0) is 20.0. The highest BCUT2D eigenvalue weighted by atomic mass is 35.5. The lowest BCUT2D eigenvalue weighted by atomic mass is 10.2. The summed E-state index contributed by atoms with van der Waals surface area (Å²) in [5, 5.41) is 7.31. The van der Waals surface area contributed by atoms with E-state index in [1.54, 1.807) is 0 Å². The molecule has 142 valence electrons. The average molecular weight is 416 g/mol. The molecule has 27 heavy (non-hydrogen) atoms. The van der Waals surface area contributed by atoms with Crippen molar-refractivity contribution < 1.29 is 23.2 Å². The standard InChI is InChI=1S/C17H13Cl2F2N3O3/c18-9-1-2-13(14(19)3-9)17(27)23-7-15(25)22-8-16(26)24-12-5-10(20)4-11(21)6-12/h1-6H,7-8H2,(H,22,25)(H,23,27)(H,24,26). The van der Waals surface area contributed by atoms with Crippen molar-refractivity contribution in [2.75, 3.05) is 18.4 Å². The molecular formula is C17H13Cl2F2N3O3. The Kier molecular flexibility index (Phi) is 7.09. The van der Waals surface area contributed by atoms with Crippen LogP contribution in [0.25, 0.3) is 0 Å². The molecule has 0 aliphatic heterocycles. The van der Waals surface area contributed by atoms with Crippen LogP contribution in [0.2, 0.25) is 10.0 Å². The van der Waals surface area contributed by atoms with E-state index in [4.69, 9.17) is 23.2 Å². The number of amides is 3. The Labute approximate surface area is 162 Å². The molecule has 2 rings (SSSR count). The van der Waals surface area contributed by atoms with Crippen molar-refractivity contribution in [2.24, 2.45) is 0 Å². The van der Waals surface area contributed by atoms with Gasteiger partial charge in [-0.05, 0) is 30.3 Å². The quantitative estimate of drug-likeness (QED) is 0.677. The number of hydrogen-bond donors (Lipinski definition) is 3. The van der Waals surface area contributed by atoms with Crippen molar-refractivity contribution >= 4 is 46.6 Å². The Morgan fingerprint density at radius 3 is 2.11 bits per heavy atom. The molecule has 0 atom stereocenters. The van der Waals surface area contributed by atoms with E-state index in [1.807, 2.05) is 0 Å². The van der Waals surface area contributed by atoms with E-state index in [2.05, 4.69) is 16.0 Å². The molecule has 0 aromatic heterocycles. The molecule has 0 unspecified atom stereocenters. The number of carbonyl (C=O) groups excluding carboxylic acids is 3. The van der Waals surface area contributed by atoms with Crippen molar-refractivity contribution in [1.29, 1.82) is 0 Å². The molecule has 0 saturated carbocycles. The molecule has 0 fully saturated rings. The average Bonchev–Trinajstić information content (AvgIpc) is 2.57. The van der Waals surface area contributed by atoms with E-state index < -0.39 is 42.4 Å². The van der Waals surface area contributed by atoms with E-state index >= 15 is 0 Å². The number of hydrogen-bond acceptors (Lipinski definition) is 3. The molecule has 0 aliphatic carbocycles. The second-order valence-corrected chi connectivity index (χ2v) is 6.13. The normalized spacial score (nSPS) is 10.2. The lowest BCUT2D eigenvalue weighted by Crippen LogP contribution is -2.40. The maximum absolute atomic E-state index is 13.0. The molecule has 0 spiro atoms. The molecule has 10 heteroatoms. The van der Waals surface area contributed by atoms with Gasteiger partial charge < -0.3 is 16.0 Å². The number of benzene rings is 2. The van der Waals surface area contributed by atoms with Gasteiger partial charge in [0.25, 0.3) is 5.91 Å². The smallest absolute Gasteiger partial charge is 0.253 e. The third-order valence-corrected chi connectivity index (χ3v) is 3.73. The van der Waals surface area contributed by atoms with Crippen molar-refractivity contribution in [3.63, 3.8) is 0 Å². The van der Waals surface area contributed by atoms with E-state index in [0.29, 0.717) is 11.1 Å². The monoisotopic (exact) mass is 415 g/mol. The van der Waals surface area contributed by atoms with Crippen LogP contribution in [0.1, 0.15) is 10.4 Å². The van der Waals surface area contributed by atoms with Gasteiger partial charge in [0.2, 0.25) is 11.8 Å². The van der Waals surface area contributed by atoms with E-state index in [1.165, 1.54) is 18.2 Å². The van der Waals surface area contributed by atoms with Gasteiger partial charge in [0, 0.05) is 16.8 Å². The number of nitrogens with one attached hydrogen (secondary N) is 3. The molecular weight excluding hydrogens is 403 g/mol. The number of carbonyl (C=O) groups is 3. The zero-order valence-corrected chi connectivity index (χ0v) is 15.1. The Morgan fingerprint density at radius 1 is 0.852 bits per heavy atom. The van der Waals surface area contributed by atoms with Gasteiger partial charge in [-0.3, -0.25) is 14.4 Å². The van der Waals surface area contributed by atoms with Gasteiger partial charge in [0.1, 0.15) is 11.6 Å². The minimum absolute atomic E-state index is 0.0857. The predicted molar refractivity (Wildman–Crippen MR) is 96.8 cm³/mol. The Bertz CT molecular complexity index is 873. The van der Waals surface area contributed by atoms with Gasteiger partial charge in [0.05, 0.1) is 23.7 Å². The SMILES string of the molecule is O=C(CNC(=O)c1ccc(Cl)cc1Cl)NCC(=O)Nc1cc(F)cc(F)c1. The Morgan fingerprint density at radius 2 is 1.48 bits per heavy atom. The molecule has 2 aromatic carbocycles. The van der Waals surface area contributed by atoms with Crippen LogP contribution in [0.3, 0.4) is 0 Å². The summed E-state index contributed by atoms with van der Waals surface area (Å²) >= 11 is 11.6. The van der Waals surface area contributed by atoms with Crippen LogP contribution < -0.4 is 16.0 Å². The van der Waals surface area contributed by atoms with Crippen LogP contribution in [0, 0.1) is 11.6 Å². The highest BCUT2D eigenvalue weighted by Gasteiger charge is 2.13. The minimum Gasteiger partial charge on any atom is -0.345 e. The van der Waals surface area contributed by atoms with Crippen LogP contribution in [-0.2, 0) is 9.59 Å². The first kappa shape index (κ1) is 20.6. The fourth-order valence-corrected chi connectivity index (χ4v) is 2.50. The van der Waals surface area contributed by atoms with Crippen molar-refractivity contribution in [2.45, 2.75) is 0 Å². The summed E-state index contributed by atoms with van der Waals surface area (Å²) in [4.78, 5) is 35.3. The summed E-state index contributed by atoms with van der Waals surface area (Å²) in [7, 11) is 0. The Balaban J connectivity index is 1.78. The zero-order valence-electron chi connectivity index (χ0n) is 13.6. The number of rotatable bonds is 6. The van der Waals surface area contributed by atoms with E-state index in [0.717, 1.165) is 12.1 Å². The topological polar surface area (TPSA) is 87.3 Å². The molecule has 0 saturated heterocycles. The van der Waals surface area contributed by atoms with Crippen LogP contribution >= 0.6 is 23.2 Å². The number of halogens is 4. The summed E-state index contributed by atoms with van der Waals surface area (Å²) in [6, 6.07) is 6.79. The summed E-state index contributed by atoms with van der Waals surface area (Å²) in [5.41, 5.74) is 0.0529. The summed E-state index contributed by atoms with van der Waals surface area (Å²) in [5.74, 6) is -3.63. The van der Waals surface area contributed by atoms with Crippen molar-refractivity contribution in [3.05, 3.63) is 63.6 Å². The maximum atomic E-state index is 13.0. The lowest BCUT2D eigenvalue weighted by molar-refractivity contribution is -0.123. The fourth-order valence-electron chi connectivity index (χ4n) is 2.00. The molecule has 6 nitrogen and oxygen atoms in total. The van der Waals surface area contributed by atoms with Gasteiger partial charge in [-0.15, -0.1) is 0 Å². The third kappa shape index (κ3) is 6.50. The minimum atomic E-state index is -0.849. The fraction of sp³-hybridized carbons (Fsp3) is 0.118. The predicted octanol–water partition coefficient (Wildman–Crippen LogP) is 2.76. The molecule has 0 heterocycles.